The lowest BCUT2D eigenvalue weighted by Gasteiger charge is -2.24. The summed E-state index contributed by atoms with van der Waals surface area (Å²) >= 11 is 6.13. The molecule has 1 amide bonds. The van der Waals surface area contributed by atoms with Crippen molar-refractivity contribution in [1.82, 2.24) is 4.90 Å². The van der Waals surface area contributed by atoms with Crippen LogP contribution in [0.1, 0.15) is 24.4 Å². The topological polar surface area (TPSA) is 60.0 Å². The van der Waals surface area contributed by atoms with E-state index in [1.54, 1.807) is 19.2 Å². The molecular weight excluding hydrogens is 380 g/mol. The molecule has 0 saturated carbocycles. The first-order valence-corrected chi connectivity index (χ1v) is 9.53. The Bertz CT molecular complexity index is 843. The van der Waals surface area contributed by atoms with Gasteiger partial charge >= 0.3 is 0 Å². The Balaban J connectivity index is 1.72. The lowest BCUT2D eigenvalue weighted by atomic mass is 10.0. The van der Waals surface area contributed by atoms with Gasteiger partial charge in [-0.3, -0.25) is 9.69 Å². The van der Waals surface area contributed by atoms with Crippen molar-refractivity contribution in [3.63, 3.8) is 0 Å². The summed E-state index contributed by atoms with van der Waals surface area (Å²) in [6.07, 6.45) is 2.06. The molecule has 1 aliphatic rings. The van der Waals surface area contributed by atoms with Gasteiger partial charge in [-0.1, -0.05) is 23.7 Å². The van der Waals surface area contributed by atoms with E-state index in [2.05, 4.69) is 16.3 Å². The molecule has 1 heterocycles. The van der Waals surface area contributed by atoms with Gasteiger partial charge in [-0.25, -0.2) is 0 Å². The fraction of sp³-hybridized carbons (Fsp3) is 0.381. The maximum Gasteiger partial charge on any atom is 0.238 e. The minimum Gasteiger partial charge on any atom is -0.497 e. The average Bonchev–Trinajstić information content (AvgIpc) is 3.16. The molecule has 0 aromatic heterocycles. The highest BCUT2D eigenvalue weighted by Crippen LogP contribution is 2.36. The van der Waals surface area contributed by atoms with E-state index in [1.807, 2.05) is 18.2 Å². The molecule has 28 heavy (non-hydrogen) atoms. The van der Waals surface area contributed by atoms with E-state index in [9.17, 15) is 4.79 Å². The Kier molecular flexibility index (Phi) is 6.65. The maximum absolute atomic E-state index is 12.7. The number of rotatable bonds is 7. The Labute approximate surface area is 170 Å². The standard InChI is InChI=1S/C21H25ClN2O4/c1-26-15-7-4-6-14(10-15)18-8-5-9-24(18)13-21(25)23-17-12-19(27-2)16(22)11-20(17)28-3/h4,6-7,10-12,18H,5,8-9,13H2,1-3H3,(H,23,25). The third-order valence-corrected chi connectivity index (χ3v) is 5.23. The summed E-state index contributed by atoms with van der Waals surface area (Å²) < 4.78 is 15.9. The number of nitrogens with zero attached hydrogens (tertiary/aromatic N) is 1. The molecule has 0 radical (unpaired) electrons. The summed E-state index contributed by atoms with van der Waals surface area (Å²) in [5, 5.41) is 3.34. The van der Waals surface area contributed by atoms with Gasteiger partial charge in [0.2, 0.25) is 5.91 Å². The number of likely N-dealkylation sites (tertiary alicyclic amines) is 1. The van der Waals surface area contributed by atoms with E-state index >= 15 is 0 Å². The van der Waals surface area contributed by atoms with Crippen LogP contribution in [-0.4, -0.2) is 45.2 Å². The summed E-state index contributed by atoms with van der Waals surface area (Å²) in [6.45, 7) is 1.16. The number of nitrogens with one attached hydrogen (secondary N) is 1. The summed E-state index contributed by atoms with van der Waals surface area (Å²) in [5.41, 5.74) is 1.70. The van der Waals surface area contributed by atoms with Crippen LogP contribution in [0.15, 0.2) is 36.4 Å². The van der Waals surface area contributed by atoms with Crippen molar-refractivity contribution in [2.45, 2.75) is 18.9 Å². The highest BCUT2D eigenvalue weighted by atomic mass is 35.5. The van der Waals surface area contributed by atoms with Crippen molar-refractivity contribution >= 4 is 23.2 Å². The van der Waals surface area contributed by atoms with E-state index < -0.39 is 0 Å². The van der Waals surface area contributed by atoms with Gasteiger partial charge in [0.05, 0.1) is 38.6 Å². The van der Waals surface area contributed by atoms with E-state index in [-0.39, 0.29) is 18.5 Å². The number of anilines is 1. The van der Waals surface area contributed by atoms with Crippen LogP contribution in [0.25, 0.3) is 0 Å². The molecule has 150 valence electrons. The van der Waals surface area contributed by atoms with Crippen LogP contribution in [0.5, 0.6) is 17.2 Å². The van der Waals surface area contributed by atoms with Crippen molar-refractivity contribution < 1.29 is 19.0 Å². The second kappa shape index (κ2) is 9.17. The zero-order valence-corrected chi connectivity index (χ0v) is 17.1. The Hall–Kier alpha value is -2.44. The molecule has 0 bridgehead atoms. The third kappa shape index (κ3) is 4.51. The second-order valence-corrected chi connectivity index (χ2v) is 7.05. The van der Waals surface area contributed by atoms with Gasteiger partial charge in [0.15, 0.2) is 0 Å². The Morgan fingerprint density at radius 1 is 1.14 bits per heavy atom. The molecule has 1 N–H and O–H groups in total. The SMILES string of the molecule is COc1cccc(C2CCCN2CC(=O)Nc2cc(OC)c(Cl)cc2OC)c1. The normalized spacial score (nSPS) is 16.6. The highest BCUT2D eigenvalue weighted by molar-refractivity contribution is 6.32. The number of hydrogen-bond acceptors (Lipinski definition) is 5. The fourth-order valence-corrected chi connectivity index (χ4v) is 3.80. The number of methoxy groups -OCH3 is 3. The number of hydrogen-bond donors (Lipinski definition) is 1. The van der Waals surface area contributed by atoms with Gasteiger partial charge in [0, 0.05) is 18.2 Å². The van der Waals surface area contributed by atoms with Crippen LogP contribution in [0.4, 0.5) is 5.69 Å². The summed E-state index contributed by atoms with van der Waals surface area (Å²) in [6, 6.07) is 11.5. The molecule has 0 aliphatic carbocycles. The molecule has 3 rings (SSSR count). The lowest BCUT2D eigenvalue weighted by molar-refractivity contribution is -0.117. The Morgan fingerprint density at radius 3 is 2.64 bits per heavy atom. The second-order valence-electron chi connectivity index (χ2n) is 6.64. The number of carbonyl (C=O) groups is 1. The summed E-state index contributed by atoms with van der Waals surface area (Å²) in [4.78, 5) is 14.9. The molecule has 1 unspecified atom stereocenters. The molecule has 1 atom stereocenters. The summed E-state index contributed by atoms with van der Waals surface area (Å²) in [7, 11) is 4.72. The first-order valence-electron chi connectivity index (χ1n) is 9.15. The minimum absolute atomic E-state index is 0.113. The molecule has 0 spiro atoms. The van der Waals surface area contributed by atoms with Crippen LogP contribution in [0, 0.1) is 0 Å². The van der Waals surface area contributed by atoms with Crippen LogP contribution < -0.4 is 19.5 Å². The van der Waals surface area contributed by atoms with Crippen LogP contribution in [-0.2, 0) is 4.79 Å². The molecule has 1 fully saturated rings. The van der Waals surface area contributed by atoms with Crippen LogP contribution >= 0.6 is 11.6 Å². The monoisotopic (exact) mass is 404 g/mol. The fourth-order valence-electron chi connectivity index (χ4n) is 3.57. The molecule has 1 saturated heterocycles. The van der Waals surface area contributed by atoms with Crippen LogP contribution in [0.3, 0.4) is 0 Å². The largest absolute Gasteiger partial charge is 0.497 e. The predicted molar refractivity (Wildman–Crippen MR) is 110 cm³/mol. The third-order valence-electron chi connectivity index (χ3n) is 4.94. The van der Waals surface area contributed by atoms with E-state index in [4.69, 9.17) is 25.8 Å². The molecule has 1 aliphatic heterocycles. The van der Waals surface area contributed by atoms with E-state index in [0.29, 0.717) is 22.2 Å². The van der Waals surface area contributed by atoms with Crippen molar-refractivity contribution in [2.24, 2.45) is 0 Å². The molecule has 6 nitrogen and oxygen atoms in total. The first-order chi connectivity index (χ1) is 13.5. The minimum atomic E-state index is -0.113. The van der Waals surface area contributed by atoms with Gasteiger partial charge in [-0.15, -0.1) is 0 Å². The van der Waals surface area contributed by atoms with Crippen molar-refractivity contribution in [3.05, 3.63) is 47.0 Å². The number of halogens is 1. The lowest BCUT2D eigenvalue weighted by Crippen LogP contribution is -2.33. The van der Waals surface area contributed by atoms with Gasteiger partial charge in [-0.2, -0.15) is 0 Å². The number of amides is 1. The molecule has 2 aromatic rings. The maximum atomic E-state index is 12.7. The first kappa shape index (κ1) is 20.3. The number of carbonyl (C=O) groups excluding carboxylic acids is 1. The smallest absolute Gasteiger partial charge is 0.238 e. The zero-order valence-electron chi connectivity index (χ0n) is 16.3. The van der Waals surface area contributed by atoms with E-state index in [0.717, 1.165) is 30.7 Å². The Morgan fingerprint density at radius 2 is 1.93 bits per heavy atom. The molecular formula is C21H25ClN2O4. The van der Waals surface area contributed by atoms with Crippen LogP contribution in [0.2, 0.25) is 5.02 Å². The summed E-state index contributed by atoms with van der Waals surface area (Å²) in [5.74, 6) is 1.68. The van der Waals surface area contributed by atoms with E-state index in [1.165, 1.54) is 14.2 Å². The van der Waals surface area contributed by atoms with Gasteiger partial charge in [0.1, 0.15) is 17.2 Å². The van der Waals surface area contributed by atoms with Gasteiger partial charge in [0.25, 0.3) is 0 Å². The average molecular weight is 405 g/mol. The quantitative estimate of drug-likeness (QED) is 0.751. The number of ether oxygens (including phenoxy) is 3. The number of benzene rings is 2. The van der Waals surface area contributed by atoms with Gasteiger partial charge < -0.3 is 19.5 Å². The highest BCUT2D eigenvalue weighted by Gasteiger charge is 2.28. The predicted octanol–water partition coefficient (Wildman–Crippen LogP) is 4.14. The van der Waals surface area contributed by atoms with Crippen molar-refractivity contribution in [3.8, 4) is 17.2 Å². The zero-order chi connectivity index (χ0) is 20.1. The van der Waals surface area contributed by atoms with Gasteiger partial charge in [-0.05, 0) is 37.1 Å². The molecule has 7 heteroatoms. The van der Waals surface area contributed by atoms with Crippen molar-refractivity contribution in [2.75, 3.05) is 39.7 Å². The van der Waals surface area contributed by atoms with Crippen molar-refractivity contribution in [1.29, 1.82) is 0 Å². The molecule has 2 aromatic carbocycles.